The van der Waals surface area contributed by atoms with Crippen LogP contribution in [0.25, 0.3) is 82.3 Å². The Hall–Kier alpha value is -5.38. The number of hydrogen-bond acceptors (Lipinski definition) is 1. The molecule has 11 rings (SSSR count). The molecule has 0 amide bonds. The zero-order valence-electron chi connectivity index (χ0n) is 26.9. The molecule has 0 spiro atoms. The lowest BCUT2D eigenvalue weighted by molar-refractivity contribution is 0.660. The molecule has 228 valence electrons. The van der Waals surface area contributed by atoms with E-state index in [1.54, 1.807) is 0 Å². The van der Waals surface area contributed by atoms with E-state index >= 15 is 0 Å². The number of para-hydroxylation sites is 3. The van der Waals surface area contributed by atoms with Crippen LogP contribution >= 0.6 is 11.3 Å². The first kappa shape index (κ1) is 26.7. The van der Waals surface area contributed by atoms with Gasteiger partial charge in [0, 0.05) is 48.6 Å². The minimum Gasteiger partial charge on any atom is -0.309 e. The number of hydrogen-bond donors (Lipinski definition) is 0. The maximum Gasteiger partial charge on any atom is 0.0741 e. The van der Waals surface area contributed by atoms with Crippen LogP contribution < -0.4 is 0 Å². The van der Waals surface area contributed by atoms with Gasteiger partial charge in [0.2, 0.25) is 0 Å². The van der Waals surface area contributed by atoms with Gasteiger partial charge in [0.25, 0.3) is 0 Å². The van der Waals surface area contributed by atoms with Gasteiger partial charge in [-0.2, -0.15) is 0 Å². The number of fused-ring (bicyclic) bond motifs is 15. The number of allylic oxidation sites excluding steroid dienone is 1. The van der Waals surface area contributed by atoms with Crippen LogP contribution in [0, 0.1) is 0 Å². The van der Waals surface area contributed by atoms with Crippen LogP contribution in [0.3, 0.4) is 0 Å². The fourth-order valence-electron chi connectivity index (χ4n) is 9.05. The molecule has 0 saturated heterocycles. The lowest BCUT2D eigenvalue weighted by atomic mass is 9.82. The molecule has 6 aromatic carbocycles. The third kappa shape index (κ3) is 3.27. The van der Waals surface area contributed by atoms with Crippen LogP contribution in [0.1, 0.15) is 41.8 Å². The zero-order valence-corrected chi connectivity index (χ0v) is 27.7. The van der Waals surface area contributed by atoms with Gasteiger partial charge >= 0.3 is 0 Å². The molecule has 0 fully saturated rings. The Morgan fingerprint density at radius 2 is 1.25 bits per heavy atom. The lowest BCUT2D eigenvalue weighted by Crippen LogP contribution is -2.15. The van der Waals surface area contributed by atoms with Crippen molar-refractivity contribution in [3.05, 3.63) is 149 Å². The number of aryl methyl sites for hydroxylation is 1. The van der Waals surface area contributed by atoms with Crippen LogP contribution in [-0.2, 0) is 11.8 Å². The Bertz CT molecular complexity index is 2860. The largest absolute Gasteiger partial charge is 0.309 e. The van der Waals surface area contributed by atoms with Gasteiger partial charge in [-0.15, -0.1) is 11.3 Å². The molecule has 0 atom stereocenters. The van der Waals surface area contributed by atoms with Crippen molar-refractivity contribution >= 4 is 71.1 Å². The highest BCUT2D eigenvalue weighted by Gasteiger charge is 2.36. The Kier molecular flexibility index (Phi) is 5.20. The summed E-state index contributed by atoms with van der Waals surface area (Å²) in [6.45, 7) is 4.76. The SMILES string of the molecule is CC1(C)c2ccccc2-c2ccc(-n3c4ccccc4c4c3c3sc5c(c3c3c6ccccc6n(-c6ccccc6)c34)C=CCC5)cc21. The van der Waals surface area contributed by atoms with Gasteiger partial charge < -0.3 is 9.13 Å². The molecule has 0 unspecified atom stereocenters. The van der Waals surface area contributed by atoms with E-state index in [4.69, 9.17) is 0 Å². The molecule has 3 heteroatoms. The first-order valence-electron chi connectivity index (χ1n) is 17.0. The topological polar surface area (TPSA) is 9.86 Å². The predicted octanol–water partition coefficient (Wildman–Crippen LogP) is 12.4. The Labute approximate surface area is 282 Å². The molecule has 9 aromatic rings. The highest BCUT2D eigenvalue weighted by atomic mass is 32.1. The van der Waals surface area contributed by atoms with E-state index in [-0.39, 0.29) is 5.41 Å². The molecule has 3 aromatic heterocycles. The standard InChI is InChI=1S/C45H32N2S/c1-45(2)34-20-10-6-16-29(34)30-25-24-28(26-35(30)45)47-37-22-12-8-18-32(37)41-42-39(40-33-19-9-13-23-38(33)48-44(40)43(41)47)31-17-7-11-21-36(31)46(42)27-14-4-3-5-15-27/h3-12,14-22,24-26H,13,23H2,1-2H3. The molecule has 48 heavy (non-hydrogen) atoms. The van der Waals surface area contributed by atoms with Crippen molar-refractivity contribution in [3.63, 3.8) is 0 Å². The predicted molar refractivity (Wildman–Crippen MR) is 205 cm³/mol. The number of nitrogens with zero attached hydrogens (tertiary/aromatic N) is 2. The smallest absolute Gasteiger partial charge is 0.0741 e. The summed E-state index contributed by atoms with van der Waals surface area (Å²) in [7, 11) is 0. The van der Waals surface area contributed by atoms with E-state index < -0.39 is 0 Å². The average Bonchev–Trinajstić information content (AvgIpc) is 3.84. The fourth-order valence-corrected chi connectivity index (χ4v) is 10.4. The second-order valence-electron chi connectivity index (χ2n) is 14.0. The molecular weight excluding hydrogens is 601 g/mol. The summed E-state index contributed by atoms with van der Waals surface area (Å²) in [5.41, 5.74) is 14.4. The van der Waals surface area contributed by atoms with Gasteiger partial charge in [-0.3, -0.25) is 0 Å². The van der Waals surface area contributed by atoms with Crippen molar-refractivity contribution in [2.24, 2.45) is 0 Å². The molecule has 2 aliphatic carbocycles. The molecule has 0 aliphatic heterocycles. The molecule has 2 aliphatic rings. The summed E-state index contributed by atoms with van der Waals surface area (Å²) in [6.07, 6.45) is 6.97. The molecule has 2 nitrogen and oxygen atoms in total. The highest BCUT2D eigenvalue weighted by molar-refractivity contribution is 7.20. The fraction of sp³-hybridized carbons (Fsp3) is 0.111. The van der Waals surface area contributed by atoms with Crippen molar-refractivity contribution in [2.45, 2.75) is 32.1 Å². The van der Waals surface area contributed by atoms with Crippen molar-refractivity contribution in [1.82, 2.24) is 9.13 Å². The average molecular weight is 633 g/mol. The van der Waals surface area contributed by atoms with Crippen LogP contribution in [0.4, 0.5) is 0 Å². The van der Waals surface area contributed by atoms with Crippen LogP contribution in [-0.4, -0.2) is 9.13 Å². The summed E-state index contributed by atoms with van der Waals surface area (Å²) >= 11 is 2.02. The van der Waals surface area contributed by atoms with Crippen molar-refractivity contribution in [3.8, 4) is 22.5 Å². The molecule has 3 heterocycles. The summed E-state index contributed by atoms with van der Waals surface area (Å²) < 4.78 is 6.51. The van der Waals surface area contributed by atoms with E-state index in [0.717, 1.165) is 12.8 Å². The number of rotatable bonds is 2. The molecular formula is C45H32N2S. The van der Waals surface area contributed by atoms with E-state index in [1.165, 1.54) is 97.8 Å². The first-order valence-corrected chi connectivity index (χ1v) is 17.8. The van der Waals surface area contributed by atoms with Gasteiger partial charge in [-0.25, -0.2) is 0 Å². The molecule has 0 N–H and O–H groups in total. The van der Waals surface area contributed by atoms with Crippen LogP contribution in [0.2, 0.25) is 0 Å². The zero-order chi connectivity index (χ0) is 31.7. The molecule has 0 saturated carbocycles. The lowest BCUT2D eigenvalue weighted by Gasteiger charge is -2.22. The van der Waals surface area contributed by atoms with Crippen molar-refractivity contribution in [2.75, 3.05) is 0 Å². The Morgan fingerprint density at radius 1 is 0.583 bits per heavy atom. The van der Waals surface area contributed by atoms with Gasteiger partial charge in [-0.05, 0) is 77.1 Å². The monoisotopic (exact) mass is 632 g/mol. The van der Waals surface area contributed by atoms with Crippen LogP contribution in [0.15, 0.2) is 127 Å². The minimum atomic E-state index is -0.0736. The van der Waals surface area contributed by atoms with E-state index in [2.05, 4.69) is 156 Å². The summed E-state index contributed by atoms with van der Waals surface area (Å²) in [4.78, 5) is 1.50. The maximum absolute atomic E-state index is 2.59. The summed E-state index contributed by atoms with van der Waals surface area (Å²) in [5.74, 6) is 0. The molecule has 0 bridgehead atoms. The second kappa shape index (κ2) is 9.37. The minimum absolute atomic E-state index is 0.0736. The maximum atomic E-state index is 2.59. The third-order valence-electron chi connectivity index (χ3n) is 11.1. The van der Waals surface area contributed by atoms with Crippen molar-refractivity contribution < 1.29 is 0 Å². The van der Waals surface area contributed by atoms with Gasteiger partial charge in [0.05, 0.1) is 26.8 Å². The number of benzene rings is 6. The van der Waals surface area contributed by atoms with Gasteiger partial charge in [0.1, 0.15) is 0 Å². The highest BCUT2D eigenvalue weighted by Crippen LogP contribution is 2.53. The summed E-state index contributed by atoms with van der Waals surface area (Å²) in [5, 5.41) is 6.71. The van der Waals surface area contributed by atoms with Gasteiger partial charge in [0.15, 0.2) is 0 Å². The number of thiophene rings is 1. The third-order valence-corrected chi connectivity index (χ3v) is 12.4. The summed E-state index contributed by atoms with van der Waals surface area (Å²) in [6, 6.07) is 45.2. The van der Waals surface area contributed by atoms with E-state index in [9.17, 15) is 0 Å². The Morgan fingerprint density at radius 3 is 2.06 bits per heavy atom. The normalized spacial score (nSPS) is 14.8. The first-order chi connectivity index (χ1) is 23.6. The molecule has 0 radical (unpaired) electrons. The van der Waals surface area contributed by atoms with Crippen molar-refractivity contribution in [1.29, 1.82) is 0 Å². The number of aromatic nitrogens is 2. The van der Waals surface area contributed by atoms with E-state index in [0.29, 0.717) is 0 Å². The Balaban J connectivity index is 1.38. The van der Waals surface area contributed by atoms with E-state index in [1.807, 2.05) is 11.3 Å². The second-order valence-corrected chi connectivity index (χ2v) is 15.1. The van der Waals surface area contributed by atoms with Gasteiger partial charge in [-0.1, -0.05) is 111 Å². The van der Waals surface area contributed by atoms with Crippen LogP contribution in [0.5, 0.6) is 0 Å². The quantitative estimate of drug-likeness (QED) is 0.179.